The predicted molar refractivity (Wildman–Crippen MR) is 140 cm³/mol. The summed E-state index contributed by atoms with van der Waals surface area (Å²) in [5, 5.41) is 15.4. The molecule has 0 radical (unpaired) electrons. The number of halogens is 2. The summed E-state index contributed by atoms with van der Waals surface area (Å²) < 4.78 is 20.5. The number of thiazole rings is 1. The summed E-state index contributed by atoms with van der Waals surface area (Å²) >= 11 is 7.58. The molecule has 3 aromatic rings. The fourth-order valence-corrected chi connectivity index (χ4v) is 5.37. The Hall–Kier alpha value is -3.04. The third-order valence-electron chi connectivity index (χ3n) is 5.94. The lowest BCUT2D eigenvalue weighted by molar-refractivity contribution is 0.101. The van der Waals surface area contributed by atoms with Crippen LogP contribution in [0.25, 0.3) is 0 Å². The Labute approximate surface area is 212 Å². The number of carbonyl (C=O) groups excluding carboxylic acids is 1. The van der Waals surface area contributed by atoms with Gasteiger partial charge in [0, 0.05) is 22.8 Å². The molecular formula is C25H27ClFN5O2S. The van der Waals surface area contributed by atoms with Crippen molar-refractivity contribution in [2.24, 2.45) is 0 Å². The number of benzene rings is 2. The van der Waals surface area contributed by atoms with Crippen molar-refractivity contribution in [1.29, 1.82) is 0 Å². The van der Waals surface area contributed by atoms with Crippen LogP contribution in [0.15, 0.2) is 29.6 Å². The zero-order valence-corrected chi connectivity index (χ0v) is 21.7. The number of amides is 1. The number of hydrogen-bond donors (Lipinski definition) is 4. The second-order valence-electron chi connectivity index (χ2n) is 10.4. The summed E-state index contributed by atoms with van der Waals surface area (Å²) in [6.45, 7) is 10.2. The Balaban J connectivity index is 1.45. The summed E-state index contributed by atoms with van der Waals surface area (Å²) in [7, 11) is 0. The first-order chi connectivity index (χ1) is 16.4. The zero-order chi connectivity index (χ0) is 25.1. The van der Waals surface area contributed by atoms with E-state index in [1.807, 2.05) is 19.2 Å². The van der Waals surface area contributed by atoms with Gasteiger partial charge in [0.25, 0.3) is 5.91 Å². The van der Waals surface area contributed by atoms with Crippen molar-refractivity contribution >= 4 is 51.0 Å². The van der Waals surface area contributed by atoms with Gasteiger partial charge < -0.3 is 20.7 Å². The first-order valence-electron chi connectivity index (χ1n) is 11.3. The summed E-state index contributed by atoms with van der Waals surface area (Å²) in [4.78, 5) is 17.9. The average molecular weight is 516 g/mol. The Kier molecular flexibility index (Phi) is 5.60. The van der Waals surface area contributed by atoms with Crippen molar-refractivity contribution in [2.45, 2.75) is 58.3 Å². The van der Waals surface area contributed by atoms with Gasteiger partial charge in [-0.05, 0) is 32.0 Å². The van der Waals surface area contributed by atoms with E-state index in [0.29, 0.717) is 22.9 Å². The van der Waals surface area contributed by atoms with E-state index < -0.39 is 17.7 Å². The Morgan fingerprint density at radius 3 is 2.77 bits per heavy atom. The van der Waals surface area contributed by atoms with Gasteiger partial charge >= 0.3 is 0 Å². The van der Waals surface area contributed by atoms with Crippen molar-refractivity contribution in [1.82, 2.24) is 4.98 Å². The van der Waals surface area contributed by atoms with Crippen LogP contribution < -0.4 is 26.0 Å². The number of nitrogens with zero attached hydrogens (tertiary/aromatic N) is 1. The molecule has 0 saturated heterocycles. The number of para-hydroxylation sites is 1. The van der Waals surface area contributed by atoms with Crippen LogP contribution in [0.1, 0.15) is 56.2 Å². The van der Waals surface area contributed by atoms with Crippen LogP contribution in [0, 0.1) is 5.82 Å². The fraction of sp³-hybridized carbons (Fsp3) is 0.360. The minimum absolute atomic E-state index is 0.111. The molecule has 10 heteroatoms. The molecule has 0 aliphatic carbocycles. The molecule has 2 aromatic carbocycles. The minimum atomic E-state index is -0.529. The van der Waals surface area contributed by atoms with E-state index in [0.717, 1.165) is 22.6 Å². The van der Waals surface area contributed by atoms with E-state index in [1.165, 1.54) is 17.4 Å². The zero-order valence-electron chi connectivity index (χ0n) is 20.1. The number of fused-ring (bicyclic) bond motifs is 3. The summed E-state index contributed by atoms with van der Waals surface area (Å²) in [5.74, 6) is -0.213. The summed E-state index contributed by atoms with van der Waals surface area (Å²) in [6.07, 6.45) is 0.0813. The first kappa shape index (κ1) is 23.7. The first-order valence-corrected chi connectivity index (χ1v) is 12.6. The quantitative estimate of drug-likeness (QED) is 0.320. The number of rotatable bonds is 4. The topological polar surface area (TPSA) is 87.3 Å². The highest BCUT2D eigenvalue weighted by atomic mass is 35.5. The maximum absolute atomic E-state index is 14.3. The van der Waals surface area contributed by atoms with Crippen molar-refractivity contribution < 1.29 is 13.9 Å². The molecule has 2 aliphatic heterocycles. The van der Waals surface area contributed by atoms with E-state index in [2.05, 4.69) is 47.0 Å². The molecule has 184 valence electrons. The smallest absolute Gasteiger partial charge is 0.261 e. The molecule has 1 unspecified atom stereocenters. The Morgan fingerprint density at radius 2 is 2.09 bits per heavy atom. The van der Waals surface area contributed by atoms with E-state index in [-0.39, 0.29) is 22.0 Å². The minimum Gasteiger partial charge on any atom is -0.486 e. The SMILES string of the molecule is CC1(C)Cc2c3c(cc(C(=O)Nc4nc(C(C)(C)C)cs4)c2O1)NC(Nc1c(F)cccc1Cl)N3. The standard InChI is InChI=1S/C25H27ClFN5O2S/c1-24(2,3)17-11-35-23(29-17)32-21(33)12-9-16-18(13-10-25(4,5)34-20(12)13)30-22(28-16)31-19-14(26)7-6-8-15(19)27/h6-9,11,22,28,30-31H,10H2,1-5H3,(H,29,32,33). The van der Waals surface area contributed by atoms with Gasteiger partial charge in [-0.2, -0.15) is 0 Å². The predicted octanol–water partition coefficient (Wildman–Crippen LogP) is 6.43. The molecule has 1 atom stereocenters. The van der Waals surface area contributed by atoms with Gasteiger partial charge in [-0.1, -0.05) is 38.4 Å². The monoisotopic (exact) mass is 515 g/mol. The van der Waals surface area contributed by atoms with Crippen molar-refractivity contribution in [3.63, 3.8) is 0 Å². The van der Waals surface area contributed by atoms with Crippen molar-refractivity contribution in [2.75, 3.05) is 21.3 Å². The van der Waals surface area contributed by atoms with Gasteiger partial charge in [0.15, 0.2) is 11.4 Å². The molecule has 35 heavy (non-hydrogen) atoms. The number of nitrogens with one attached hydrogen (secondary N) is 4. The lowest BCUT2D eigenvalue weighted by Gasteiger charge is -2.18. The summed E-state index contributed by atoms with van der Waals surface area (Å²) in [5.41, 5.74) is 3.36. The highest BCUT2D eigenvalue weighted by molar-refractivity contribution is 7.14. The molecule has 1 aromatic heterocycles. The molecule has 3 heterocycles. The average Bonchev–Trinajstić information content (AvgIpc) is 3.45. The van der Waals surface area contributed by atoms with Crippen LogP contribution >= 0.6 is 22.9 Å². The van der Waals surface area contributed by atoms with Crippen LogP contribution in [0.4, 0.5) is 26.6 Å². The second kappa shape index (κ2) is 8.27. The molecule has 0 spiro atoms. The largest absolute Gasteiger partial charge is 0.486 e. The maximum Gasteiger partial charge on any atom is 0.261 e. The van der Waals surface area contributed by atoms with Gasteiger partial charge in [-0.25, -0.2) is 9.37 Å². The van der Waals surface area contributed by atoms with Crippen LogP contribution in [0.2, 0.25) is 5.02 Å². The van der Waals surface area contributed by atoms with Crippen molar-refractivity contribution in [3.8, 4) is 5.75 Å². The molecule has 0 fully saturated rings. The van der Waals surface area contributed by atoms with Gasteiger partial charge in [0.2, 0.25) is 0 Å². The number of ether oxygens (including phenoxy) is 1. The van der Waals surface area contributed by atoms with Crippen LogP contribution in [0.5, 0.6) is 5.75 Å². The third-order valence-corrected chi connectivity index (χ3v) is 7.01. The second-order valence-corrected chi connectivity index (χ2v) is 11.7. The van der Waals surface area contributed by atoms with Gasteiger partial charge in [0.1, 0.15) is 17.2 Å². The lowest BCUT2D eigenvalue weighted by atomic mass is 9.93. The van der Waals surface area contributed by atoms with Crippen LogP contribution in [0.3, 0.4) is 0 Å². The lowest BCUT2D eigenvalue weighted by Crippen LogP contribution is -2.32. The third kappa shape index (κ3) is 4.50. The maximum atomic E-state index is 14.3. The number of hydrogen-bond acceptors (Lipinski definition) is 7. The van der Waals surface area contributed by atoms with E-state index in [9.17, 15) is 9.18 Å². The molecule has 1 amide bonds. The van der Waals surface area contributed by atoms with Gasteiger partial charge in [-0.3, -0.25) is 10.1 Å². The highest BCUT2D eigenvalue weighted by Crippen LogP contribution is 2.48. The van der Waals surface area contributed by atoms with Gasteiger partial charge in [-0.15, -0.1) is 11.3 Å². The Morgan fingerprint density at radius 1 is 1.31 bits per heavy atom. The molecule has 2 aliphatic rings. The fourth-order valence-electron chi connectivity index (χ4n) is 4.22. The molecular weight excluding hydrogens is 489 g/mol. The normalized spacial score (nSPS) is 17.6. The number of anilines is 4. The molecule has 5 rings (SSSR count). The molecule has 0 saturated carbocycles. The van der Waals surface area contributed by atoms with Gasteiger partial charge in [0.05, 0.1) is 33.3 Å². The van der Waals surface area contributed by atoms with E-state index in [4.69, 9.17) is 16.3 Å². The number of carbonyl (C=O) groups is 1. The van der Waals surface area contributed by atoms with Crippen molar-refractivity contribution in [3.05, 3.63) is 57.3 Å². The molecule has 0 bridgehead atoms. The van der Waals surface area contributed by atoms with E-state index >= 15 is 0 Å². The number of aromatic nitrogens is 1. The van der Waals surface area contributed by atoms with Crippen LogP contribution in [-0.4, -0.2) is 22.8 Å². The van der Waals surface area contributed by atoms with E-state index in [1.54, 1.807) is 18.2 Å². The molecule has 7 nitrogen and oxygen atoms in total. The highest BCUT2D eigenvalue weighted by Gasteiger charge is 2.39. The van der Waals surface area contributed by atoms with Crippen LogP contribution in [-0.2, 0) is 11.8 Å². The Bertz CT molecular complexity index is 1310. The summed E-state index contributed by atoms with van der Waals surface area (Å²) in [6, 6.07) is 6.27. The molecule has 4 N–H and O–H groups in total.